The minimum Gasteiger partial charge on any atom is -0.341 e. The van der Waals surface area contributed by atoms with Gasteiger partial charge in [-0.25, -0.2) is 28.2 Å². The van der Waals surface area contributed by atoms with Crippen molar-refractivity contribution in [1.82, 2.24) is 25.0 Å². The molecule has 0 saturated carbocycles. The molecule has 3 rings (SSSR count). The maximum atomic E-state index is 12.3. The zero-order valence-electron chi connectivity index (χ0n) is 13.1. The molecule has 0 radical (unpaired) electrons. The first-order chi connectivity index (χ1) is 11.0. The van der Waals surface area contributed by atoms with E-state index in [1.54, 1.807) is 30.3 Å². The van der Waals surface area contributed by atoms with Gasteiger partial charge in [0.1, 0.15) is 6.67 Å². The van der Waals surface area contributed by atoms with Gasteiger partial charge in [-0.1, -0.05) is 18.2 Å². The van der Waals surface area contributed by atoms with Gasteiger partial charge in [0.15, 0.2) is 0 Å². The minimum absolute atomic E-state index is 0.228. The molecule has 23 heavy (non-hydrogen) atoms. The van der Waals surface area contributed by atoms with Crippen LogP contribution in [-0.2, 0) is 10.0 Å². The van der Waals surface area contributed by atoms with Crippen LogP contribution in [0.1, 0.15) is 0 Å². The van der Waals surface area contributed by atoms with Gasteiger partial charge >= 0.3 is 0 Å². The molecule has 8 nitrogen and oxygen atoms in total. The molecule has 0 atom stereocenters. The Morgan fingerprint density at radius 2 is 1.78 bits per heavy atom. The number of aliphatic imine (C=N–C) groups is 1. The van der Waals surface area contributed by atoms with Crippen molar-refractivity contribution in [3.8, 4) is 0 Å². The maximum absolute atomic E-state index is 12.3. The van der Waals surface area contributed by atoms with Crippen molar-refractivity contribution >= 4 is 16.0 Å². The highest BCUT2D eigenvalue weighted by Gasteiger charge is 2.24. The Morgan fingerprint density at radius 1 is 1.09 bits per heavy atom. The summed E-state index contributed by atoms with van der Waals surface area (Å²) in [6.45, 7) is 4.95. The molecule has 0 amide bonds. The fraction of sp³-hybridized carbons (Fsp3) is 0.500. The van der Waals surface area contributed by atoms with Crippen molar-refractivity contribution in [3.63, 3.8) is 0 Å². The first-order valence-electron chi connectivity index (χ1n) is 7.59. The topological polar surface area (TPSA) is 80.3 Å². The van der Waals surface area contributed by atoms with Crippen molar-refractivity contribution in [2.24, 2.45) is 4.99 Å². The highest BCUT2D eigenvalue weighted by molar-refractivity contribution is 7.90. The number of nitrogens with zero attached hydrogens (tertiary/aromatic N) is 4. The Morgan fingerprint density at radius 3 is 2.39 bits per heavy atom. The van der Waals surface area contributed by atoms with Gasteiger partial charge in [-0.15, -0.1) is 0 Å². The van der Waals surface area contributed by atoms with Crippen molar-refractivity contribution in [1.29, 1.82) is 0 Å². The fourth-order valence-electron chi connectivity index (χ4n) is 2.55. The average Bonchev–Trinajstić information content (AvgIpc) is 2.57. The summed E-state index contributed by atoms with van der Waals surface area (Å²) in [5.74, 6) is 0.291. The highest BCUT2D eigenvalue weighted by atomic mass is 32.2. The van der Waals surface area contributed by atoms with Crippen LogP contribution in [0, 0.1) is 0 Å². The smallest absolute Gasteiger partial charge is 0.264 e. The van der Waals surface area contributed by atoms with Gasteiger partial charge in [-0.2, -0.15) is 0 Å². The van der Waals surface area contributed by atoms with Crippen LogP contribution in [0.3, 0.4) is 0 Å². The lowest BCUT2D eigenvalue weighted by Crippen LogP contribution is -2.59. The second-order valence-corrected chi connectivity index (χ2v) is 7.35. The molecule has 0 spiro atoms. The Bertz CT molecular complexity index is 655. The molecule has 1 fully saturated rings. The molecule has 2 aliphatic heterocycles. The van der Waals surface area contributed by atoms with E-state index in [1.165, 1.54) is 0 Å². The van der Waals surface area contributed by atoms with Crippen molar-refractivity contribution in [2.75, 3.05) is 46.6 Å². The van der Waals surface area contributed by atoms with Crippen molar-refractivity contribution in [3.05, 3.63) is 30.3 Å². The van der Waals surface area contributed by atoms with Gasteiger partial charge in [0.2, 0.25) is 5.96 Å². The lowest BCUT2D eigenvalue weighted by atomic mass is 10.4. The zero-order chi connectivity index (χ0) is 16.3. The molecule has 0 unspecified atom stereocenters. The van der Waals surface area contributed by atoms with Crippen LogP contribution in [0.2, 0.25) is 0 Å². The molecule has 2 aliphatic rings. The van der Waals surface area contributed by atoms with E-state index in [-0.39, 0.29) is 4.90 Å². The van der Waals surface area contributed by atoms with Crippen LogP contribution >= 0.6 is 0 Å². The average molecular weight is 338 g/mol. The van der Waals surface area contributed by atoms with Crippen LogP contribution in [-0.4, -0.2) is 75.9 Å². The summed E-state index contributed by atoms with van der Waals surface area (Å²) in [5, 5.41) is 7.37. The van der Waals surface area contributed by atoms with Crippen molar-refractivity contribution < 1.29 is 8.42 Å². The molecule has 1 aromatic carbocycles. The van der Waals surface area contributed by atoms with Gasteiger partial charge < -0.3 is 10.2 Å². The number of hydrogen-bond acceptors (Lipinski definition) is 7. The molecule has 1 saturated heterocycles. The third-order valence-electron chi connectivity index (χ3n) is 3.99. The molecular weight excluding hydrogens is 316 g/mol. The molecule has 126 valence electrons. The second kappa shape index (κ2) is 6.83. The lowest BCUT2D eigenvalue weighted by Gasteiger charge is -2.40. The third kappa shape index (κ3) is 3.99. The van der Waals surface area contributed by atoms with Gasteiger partial charge in [0.25, 0.3) is 10.0 Å². The van der Waals surface area contributed by atoms with E-state index in [1.807, 2.05) is 0 Å². The monoisotopic (exact) mass is 338 g/mol. The normalized spacial score (nSPS) is 21.5. The minimum atomic E-state index is -3.59. The van der Waals surface area contributed by atoms with Crippen LogP contribution in [0.4, 0.5) is 0 Å². The first-order valence-corrected chi connectivity index (χ1v) is 9.07. The van der Waals surface area contributed by atoms with E-state index in [9.17, 15) is 8.42 Å². The molecule has 9 heteroatoms. The Hall–Kier alpha value is -1.68. The Labute approximate surface area is 136 Å². The van der Waals surface area contributed by atoms with Crippen molar-refractivity contribution in [2.45, 2.75) is 4.90 Å². The van der Waals surface area contributed by atoms with E-state index < -0.39 is 10.0 Å². The molecule has 2 heterocycles. The number of hydrazine groups is 1. The first kappa shape index (κ1) is 16.2. The van der Waals surface area contributed by atoms with Gasteiger partial charge in [0.05, 0.1) is 11.6 Å². The highest BCUT2D eigenvalue weighted by Crippen LogP contribution is 2.09. The number of benzene rings is 1. The zero-order valence-corrected chi connectivity index (χ0v) is 14.0. The molecule has 2 N–H and O–H groups in total. The molecule has 1 aromatic rings. The van der Waals surface area contributed by atoms with Crippen LogP contribution < -0.4 is 10.0 Å². The van der Waals surface area contributed by atoms with Gasteiger partial charge in [0, 0.05) is 26.2 Å². The van der Waals surface area contributed by atoms with E-state index in [0.29, 0.717) is 19.3 Å². The number of likely N-dealkylation sites (N-methyl/N-ethyl adjacent to an activating group) is 1. The van der Waals surface area contributed by atoms with E-state index in [4.69, 9.17) is 0 Å². The van der Waals surface area contributed by atoms with Gasteiger partial charge in [-0.3, -0.25) is 0 Å². The second-order valence-electron chi connectivity index (χ2n) is 5.66. The molecule has 0 bridgehead atoms. The summed E-state index contributed by atoms with van der Waals surface area (Å²) in [6, 6.07) is 8.29. The summed E-state index contributed by atoms with van der Waals surface area (Å²) >= 11 is 0. The predicted octanol–water partition coefficient (Wildman–Crippen LogP) is -0.696. The number of nitrogens with one attached hydrogen (secondary N) is 2. The van der Waals surface area contributed by atoms with E-state index in [0.717, 1.165) is 26.2 Å². The van der Waals surface area contributed by atoms with E-state index >= 15 is 0 Å². The molecule has 0 aromatic heterocycles. The quantitative estimate of drug-likeness (QED) is 0.759. The summed E-state index contributed by atoms with van der Waals surface area (Å²) in [4.78, 5) is 6.82. The van der Waals surface area contributed by atoms with Crippen LogP contribution in [0.25, 0.3) is 0 Å². The number of guanidine groups is 1. The summed E-state index contributed by atoms with van der Waals surface area (Å²) in [6.07, 6.45) is 0. The Kier molecular flexibility index (Phi) is 4.81. The standard InChI is InChI=1S/C14H22N6O2S/c1-18-7-9-19(10-8-18)20-11-15-14(16-12-20)17-23(21,22)13-5-3-2-4-6-13/h2-6H,7-12H2,1H3,(H2,15,16,17). The molecular formula is C14H22N6O2S. The summed E-state index contributed by atoms with van der Waals surface area (Å²) in [7, 11) is -1.48. The van der Waals surface area contributed by atoms with Gasteiger partial charge in [-0.05, 0) is 19.2 Å². The van der Waals surface area contributed by atoms with Crippen LogP contribution in [0.5, 0.6) is 0 Å². The van der Waals surface area contributed by atoms with E-state index in [2.05, 4.69) is 37.0 Å². The summed E-state index contributed by atoms with van der Waals surface area (Å²) in [5.41, 5.74) is 0. The fourth-order valence-corrected chi connectivity index (χ4v) is 3.57. The number of sulfonamides is 1. The number of hydrogen-bond donors (Lipinski definition) is 2. The number of piperazine rings is 1. The van der Waals surface area contributed by atoms with Crippen LogP contribution in [0.15, 0.2) is 40.2 Å². The SMILES string of the molecule is CN1CCN(N2CN=C(NS(=O)(=O)c3ccccc3)NC2)CC1. The number of rotatable bonds is 3. The maximum Gasteiger partial charge on any atom is 0.264 e. The largest absolute Gasteiger partial charge is 0.341 e. The summed E-state index contributed by atoms with van der Waals surface area (Å²) < 4.78 is 27.0. The molecule has 0 aliphatic carbocycles. The third-order valence-corrected chi connectivity index (χ3v) is 5.34. The Balaban J connectivity index is 1.59. The predicted molar refractivity (Wildman–Crippen MR) is 88.0 cm³/mol. The lowest BCUT2D eigenvalue weighted by molar-refractivity contribution is -0.0569.